The summed E-state index contributed by atoms with van der Waals surface area (Å²) in [6, 6.07) is 6.45. The lowest BCUT2D eigenvalue weighted by Crippen LogP contribution is -2.43. The highest BCUT2D eigenvalue weighted by atomic mass is 19.1. The van der Waals surface area contributed by atoms with Gasteiger partial charge in [0.15, 0.2) is 5.82 Å². The van der Waals surface area contributed by atoms with E-state index < -0.39 is 5.91 Å². The van der Waals surface area contributed by atoms with Crippen LogP contribution in [0.25, 0.3) is 0 Å². The normalized spacial score (nSPS) is 18.5. The number of carbonyl (C=O) groups excluding carboxylic acids is 1. The quantitative estimate of drug-likeness (QED) is 0.879. The van der Waals surface area contributed by atoms with Crippen LogP contribution >= 0.6 is 0 Å². The molecule has 1 aliphatic heterocycles. The Morgan fingerprint density at radius 1 is 1.42 bits per heavy atom. The minimum Gasteiger partial charge on any atom is -0.375 e. The topological polar surface area (TPSA) is 80.5 Å². The number of ether oxygens (including phenoxy) is 1. The molecule has 1 amide bonds. The second-order valence-corrected chi connectivity index (χ2v) is 5.65. The molecule has 0 aliphatic carbocycles. The Balaban J connectivity index is 1.56. The molecule has 24 heavy (non-hydrogen) atoms. The summed E-state index contributed by atoms with van der Waals surface area (Å²) in [4.78, 5) is 17.7. The average molecular weight is 334 g/mol. The number of halogens is 1. The fourth-order valence-electron chi connectivity index (χ4n) is 2.65. The third-order valence-electron chi connectivity index (χ3n) is 3.85. The predicted octanol–water partition coefficient (Wildman–Crippen LogP) is 1.01. The SMILES string of the molecule is CNC(=O)c1nc(CN2CCO[C@@H](Cc3ccc(F)cc3)C2)no1. The number of hydrogen-bond acceptors (Lipinski definition) is 6. The summed E-state index contributed by atoms with van der Waals surface area (Å²) in [6.07, 6.45) is 0.738. The fourth-order valence-corrected chi connectivity index (χ4v) is 2.65. The summed E-state index contributed by atoms with van der Waals surface area (Å²) < 4.78 is 23.7. The smallest absolute Gasteiger partial charge is 0.315 e. The molecule has 3 rings (SSSR count). The van der Waals surface area contributed by atoms with Crippen molar-refractivity contribution in [1.82, 2.24) is 20.4 Å². The number of nitrogens with one attached hydrogen (secondary N) is 1. The summed E-state index contributed by atoms with van der Waals surface area (Å²) in [7, 11) is 1.51. The van der Waals surface area contributed by atoms with Crippen LogP contribution in [0.4, 0.5) is 4.39 Å². The summed E-state index contributed by atoms with van der Waals surface area (Å²) in [5.74, 6) is -0.210. The van der Waals surface area contributed by atoms with Crippen molar-refractivity contribution in [2.45, 2.75) is 19.1 Å². The van der Waals surface area contributed by atoms with Gasteiger partial charge in [-0.05, 0) is 24.1 Å². The Bertz CT molecular complexity index is 689. The zero-order chi connectivity index (χ0) is 16.9. The van der Waals surface area contributed by atoms with E-state index in [0.29, 0.717) is 31.9 Å². The molecule has 7 nitrogen and oxygen atoms in total. The van der Waals surface area contributed by atoms with Crippen molar-refractivity contribution >= 4 is 5.91 Å². The van der Waals surface area contributed by atoms with Gasteiger partial charge in [-0.2, -0.15) is 4.98 Å². The Hall–Kier alpha value is -2.32. The van der Waals surface area contributed by atoms with Gasteiger partial charge in [0.05, 0.1) is 19.3 Å². The highest BCUT2D eigenvalue weighted by Gasteiger charge is 2.23. The van der Waals surface area contributed by atoms with Crippen LogP contribution in [0.15, 0.2) is 28.8 Å². The van der Waals surface area contributed by atoms with Crippen molar-refractivity contribution in [3.8, 4) is 0 Å². The van der Waals surface area contributed by atoms with Crippen LogP contribution in [-0.2, 0) is 17.7 Å². The lowest BCUT2D eigenvalue weighted by atomic mass is 10.1. The van der Waals surface area contributed by atoms with Gasteiger partial charge in [-0.25, -0.2) is 4.39 Å². The second kappa shape index (κ2) is 7.50. The molecule has 1 aliphatic rings. The van der Waals surface area contributed by atoms with Crippen molar-refractivity contribution in [2.75, 3.05) is 26.7 Å². The maximum Gasteiger partial charge on any atom is 0.315 e. The van der Waals surface area contributed by atoms with Gasteiger partial charge in [0.2, 0.25) is 0 Å². The minimum atomic E-state index is -0.398. The molecular formula is C16H19FN4O3. The number of hydrogen-bond donors (Lipinski definition) is 1. The summed E-state index contributed by atoms with van der Waals surface area (Å²) >= 11 is 0. The maximum absolute atomic E-state index is 13.0. The lowest BCUT2D eigenvalue weighted by Gasteiger charge is -2.32. The Labute approximate surface area is 138 Å². The van der Waals surface area contributed by atoms with Gasteiger partial charge in [0, 0.05) is 20.1 Å². The molecule has 0 unspecified atom stereocenters. The third-order valence-corrected chi connectivity index (χ3v) is 3.85. The van der Waals surface area contributed by atoms with Crippen LogP contribution in [0, 0.1) is 5.82 Å². The van der Waals surface area contributed by atoms with Crippen LogP contribution in [0.3, 0.4) is 0 Å². The molecule has 8 heteroatoms. The zero-order valence-electron chi connectivity index (χ0n) is 13.4. The van der Waals surface area contributed by atoms with Crippen LogP contribution < -0.4 is 5.32 Å². The van der Waals surface area contributed by atoms with Crippen molar-refractivity contribution < 1.29 is 18.4 Å². The van der Waals surface area contributed by atoms with E-state index in [4.69, 9.17) is 9.26 Å². The lowest BCUT2D eigenvalue weighted by molar-refractivity contribution is -0.0314. The largest absolute Gasteiger partial charge is 0.375 e. The Morgan fingerprint density at radius 3 is 2.96 bits per heavy atom. The van der Waals surface area contributed by atoms with E-state index in [1.54, 1.807) is 12.1 Å². The van der Waals surface area contributed by atoms with Crippen LogP contribution in [0.5, 0.6) is 0 Å². The molecule has 128 valence electrons. The molecule has 2 heterocycles. The van der Waals surface area contributed by atoms with E-state index in [1.807, 2.05) is 0 Å². The van der Waals surface area contributed by atoms with Gasteiger partial charge in [0.25, 0.3) is 0 Å². The fraction of sp³-hybridized carbons (Fsp3) is 0.438. The molecular weight excluding hydrogens is 315 g/mol. The highest BCUT2D eigenvalue weighted by molar-refractivity contribution is 5.89. The van der Waals surface area contributed by atoms with Crippen molar-refractivity contribution in [3.63, 3.8) is 0 Å². The molecule has 1 aromatic carbocycles. The number of morpholine rings is 1. The molecule has 1 fully saturated rings. The number of rotatable bonds is 5. The number of nitrogens with zero attached hydrogens (tertiary/aromatic N) is 3. The molecule has 1 atom stereocenters. The molecule has 0 spiro atoms. The van der Waals surface area contributed by atoms with Gasteiger partial charge < -0.3 is 14.6 Å². The predicted molar refractivity (Wildman–Crippen MR) is 82.8 cm³/mol. The van der Waals surface area contributed by atoms with Gasteiger partial charge in [-0.1, -0.05) is 17.3 Å². The highest BCUT2D eigenvalue weighted by Crippen LogP contribution is 2.14. The molecule has 2 aromatic rings. The summed E-state index contributed by atoms with van der Waals surface area (Å²) in [5, 5.41) is 6.27. The first-order valence-corrected chi connectivity index (χ1v) is 7.77. The van der Waals surface area contributed by atoms with Crippen LogP contribution in [-0.4, -0.2) is 53.8 Å². The summed E-state index contributed by atoms with van der Waals surface area (Å²) in [6.45, 7) is 2.56. The van der Waals surface area contributed by atoms with E-state index in [0.717, 1.165) is 12.1 Å². The third kappa shape index (κ3) is 4.15. The average Bonchev–Trinajstić information content (AvgIpc) is 3.05. The van der Waals surface area contributed by atoms with E-state index in [2.05, 4.69) is 20.4 Å². The first-order chi connectivity index (χ1) is 11.6. The number of amides is 1. The van der Waals surface area contributed by atoms with Gasteiger partial charge in [-0.15, -0.1) is 0 Å². The van der Waals surface area contributed by atoms with Crippen molar-refractivity contribution in [1.29, 1.82) is 0 Å². The molecule has 0 saturated carbocycles. The molecule has 1 saturated heterocycles. The van der Waals surface area contributed by atoms with Gasteiger partial charge >= 0.3 is 11.8 Å². The Morgan fingerprint density at radius 2 is 2.21 bits per heavy atom. The van der Waals surface area contributed by atoms with E-state index in [9.17, 15) is 9.18 Å². The summed E-state index contributed by atoms with van der Waals surface area (Å²) in [5.41, 5.74) is 1.03. The van der Waals surface area contributed by atoms with E-state index >= 15 is 0 Å². The minimum absolute atomic E-state index is 0.0227. The Kier molecular flexibility index (Phi) is 5.17. The molecule has 0 bridgehead atoms. The monoisotopic (exact) mass is 334 g/mol. The van der Waals surface area contributed by atoms with Crippen molar-refractivity contribution in [3.05, 3.63) is 47.4 Å². The van der Waals surface area contributed by atoms with Crippen LogP contribution in [0.2, 0.25) is 0 Å². The standard InChI is InChI=1S/C16H19FN4O3/c1-18-15(22)16-19-14(20-24-16)10-21-6-7-23-13(9-21)8-11-2-4-12(17)5-3-11/h2-5,13H,6-10H2,1H3,(H,18,22)/t13-/m0/s1. The van der Waals surface area contributed by atoms with Gasteiger partial charge in [0.1, 0.15) is 5.82 Å². The molecule has 1 N–H and O–H groups in total. The van der Waals surface area contributed by atoms with E-state index in [-0.39, 0.29) is 17.8 Å². The molecule has 1 aromatic heterocycles. The number of aromatic nitrogens is 2. The van der Waals surface area contributed by atoms with Gasteiger partial charge in [-0.3, -0.25) is 9.69 Å². The second-order valence-electron chi connectivity index (χ2n) is 5.65. The molecule has 0 radical (unpaired) electrons. The van der Waals surface area contributed by atoms with Crippen molar-refractivity contribution in [2.24, 2.45) is 0 Å². The first-order valence-electron chi connectivity index (χ1n) is 7.77. The number of benzene rings is 1. The zero-order valence-corrected chi connectivity index (χ0v) is 13.4. The van der Waals surface area contributed by atoms with Crippen LogP contribution in [0.1, 0.15) is 22.1 Å². The van der Waals surface area contributed by atoms with E-state index in [1.165, 1.54) is 19.2 Å². The maximum atomic E-state index is 13.0. The number of carbonyl (C=O) groups is 1. The first kappa shape index (κ1) is 16.5.